The number of fused-ring (bicyclic) bond motifs is 6. The second-order valence-electron chi connectivity index (χ2n) is 7.41. The lowest BCUT2D eigenvalue weighted by Gasteiger charge is -2.22. The van der Waals surface area contributed by atoms with Gasteiger partial charge in [0, 0.05) is 23.0 Å². The van der Waals surface area contributed by atoms with E-state index in [1.165, 1.54) is 30.4 Å². The molecule has 2 nitrogen and oxygen atoms in total. The van der Waals surface area contributed by atoms with Crippen molar-refractivity contribution in [2.75, 3.05) is 13.7 Å². The van der Waals surface area contributed by atoms with Crippen molar-refractivity contribution in [1.29, 1.82) is 0 Å². The third-order valence-electron chi connectivity index (χ3n) is 6.60. The Labute approximate surface area is 131 Å². The average molecular weight is 304 g/mol. The minimum absolute atomic E-state index is 0.425. The minimum atomic E-state index is 0.425. The molecule has 3 aliphatic carbocycles. The number of nitrogens with one attached hydrogen (secondary N) is 1. The van der Waals surface area contributed by atoms with Crippen LogP contribution in [0.4, 0.5) is 0 Å². The predicted octanol–water partition coefficient (Wildman–Crippen LogP) is 3.83. The molecule has 1 heterocycles. The second-order valence-corrected chi connectivity index (χ2v) is 7.85. The van der Waals surface area contributed by atoms with Gasteiger partial charge in [-0.2, -0.15) is 0 Å². The summed E-state index contributed by atoms with van der Waals surface area (Å²) in [6.45, 7) is 0.807. The van der Waals surface area contributed by atoms with Crippen LogP contribution >= 0.6 is 11.6 Å². The van der Waals surface area contributed by atoms with Gasteiger partial charge in [-0.3, -0.25) is 0 Å². The molecule has 4 aliphatic rings. The molecule has 1 aliphatic heterocycles. The summed E-state index contributed by atoms with van der Waals surface area (Å²) in [5.41, 5.74) is 2.61. The highest BCUT2D eigenvalue weighted by Crippen LogP contribution is 2.72. The van der Waals surface area contributed by atoms with Gasteiger partial charge in [0.1, 0.15) is 5.75 Å². The maximum absolute atomic E-state index is 6.36. The van der Waals surface area contributed by atoms with Gasteiger partial charge in [0.25, 0.3) is 0 Å². The second kappa shape index (κ2) is 4.39. The fourth-order valence-electron chi connectivity index (χ4n) is 5.92. The molecule has 112 valence electrons. The van der Waals surface area contributed by atoms with Crippen LogP contribution in [-0.4, -0.2) is 13.7 Å². The van der Waals surface area contributed by atoms with Crippen LogP contribution in [0.25, 0.3) is 0 Å². The Bertz CT molecular complexity index is 585. The van der Waals surface area contributed by atoms with Gasteiger partial charge in [0.15, 0.2) is 0 Å². The summed E-state index contributed by atoms with van der Waals surface area (Å²) in [7, 11) is 2.10. The molecule has 1 aromatic carbocycles. The molecule has 0 amide bonds. The van der Waals surface area contributed by atoms with Crippen molar-refractivity contribution in [3.63, 3.8) is 0 Å². The van der Waals surface area contributed by atoms with Gasteiger partial charge < -0.3 is 10.1 Å². The molecule has 0 spiro atoms. The van der Waals surface area contributed by atoms with Gasteiger partial charge >= 0.3 is 0 Å². The quantitative estimate of drug-likeness (QED) is 0.916. The van der Waals surface area contributed by atoms with E-state index in [4.69, 9.17) is 16.3 Å². The standard InChI is InChI=1S/C18H22ClNO/c1-20-17(16-14-9-2-3-10(6-9)15(14)16)13-8-12(19)7-11-4-5-21-18(11)13/h7-10,14-17,20H,2-6H2,1H3. The molecule has 1 aromatic rings. The van der Waals surface area contributed by atoms with Crippen LogP contribution < -0.4 is 10.1 Å². The van der Waals surface area contributed by atoms with Gasteiger partial charge in [-0.1, -0.05) is 11.6 Å². The Kier molecular flexibility index (Phi) is 2.67. The summed E-state index contributed by atoms with van der Waals surface area (Å²) in [5.74, 6) is 5.89. The first-order valence-corrected chi connectivity index (χ1v) is 8.78. The number of hydrogen-bond donors (Lipinski definition) is 1. The highest BCUT2D eigenvalue weighted by atomic mass is 35.5. The van der Waals surface area contributed by atoms with Crippen molar-refractivity contribution in [3.05, 3.63) is 28.3 Å². The van der Waals surface area contributed by atoms with Gasteiger partial charge in [0.05, 0.1) is 6.61 Å². The molecular weight excluding hydrogens is 282 g/mol. The number of halogens is 1. The Hall–Kier alpha value is -0.730. The topological polar surface area (TPSA) is 21.3 Å². The Morgan fingerprint density at radius 1 is 1.24 bits per heavy atom. The first-order chi connectivity index (χ1) is 10.3. The van der Waals surface area contributed by atoms with Crippen molar-refractivity contribution in [2.45, 2.75) is 31.7 Å². The number of rotatable bonds is 3. The van der Waals surface area contributed by atoms with Crippen LogP contribution in [0.2, 0.25) is 5.02 Å². The molecule has 0 saturated heterocycles. The lowest BCUT2D eigenvalue weighted by Crippen LogP contribution is -2.22. The number of hydrogen-bond acceptors (Lipinski definition) is 2. The molecule has 5 atom stereocenters. The maximum atomic E-state index is 6.36. The van der Waals surface area contributed by atoms with Crippen molar-refractivity contribution >= 4 is 11.6 Å². The van der Waals surface area contributed by atoms with Crippen molar-refractivity contribution in [3.8, 4) is 5.75 Å². The summed E-state index contributed by atoms with van der Waals surface area (Å²) >= 11 is 6.36. The van der Waals surface area contributed by atoms with E-state index in [0.717, 1.165) is 53.4 Å². The van der Waals surface area contributed by atoms with Crippen molar-refractivity contribution in [2.24, 2.45) is 29.6 Å². The first kappa shape index (κ1) is 12.8. The molecule has 3 saturated carbocycles. The molecule has 0 radical (unpaired) electrons. The largest absolute Gasteiger partial charge is 0.493 e. The van der Waals surface area contributed by atoms with Gasteiger partial charge in [-0.15, -0.1) is 0 Å². The van der Waals surface area contributed by atoms with E-state index in [2.05, 4.69) is 24.5 Å². The summed E-state index contributed by atoms with van der Waals surface area (Å²) in [5, 5.41) is 4.46. The average Bonchev–Trinajstić information content (AvgIpc) is 2.89. The SMILES string of the molecule is CNC(c1cc(Cl)cc2c1OCC2)C1C2C3CCC(C3)C21. The van der Waals surface area contributed by atoms with Gasteiger partial charge in [0.2, 0.25) is 0 Å². The van der Waals surface area contributed by atoms with E-state index in [-0.39, 0.29) is 0 Å². The molecular formula is C18H22ClNO. The fourth-order valence-corrected chi connectivity index (χ4v) is 6.17. The normalized spacial score (nSPS) is 39.8. The van der Waals surface area contributed by atoms with Gasteiger partial charge in [-0.05, 0) is 73.6 Å². The molecule has 0 aromatic heterocycles. The molecule has 5 rings (SSSR count). The molecule has 21 heavy (non-hydrogen) atoms. The number of ether oxygens (including phenoxy) is 1. The van der Waals surface area contributed by atoms with Crippen LogP contribution in [0, 0.1) is 29.6 Å². The van der Waals surface area contributed by atoms with E-state index >= 15 is 0 Å². The molecule has 3 heteroatoms. The third-order valence-corrected chi connectivity index (χ3v) is 6.82. The molecule has 5 unspecified atom stereocenters. The summed E-state index contributed by atoms with van der Waals surface area (Å²) in [4.78, 5) is 0. The highest BCUT2D eigenvalue weighted by Gasteiger charge is 2.66. The summed E-state index contributed by atoms with van der Waals surface area (Å²) in [6.07, 6.45) is 5.46. The smallest absolute Gasteiger partial charge is 0.127 e. The van der Waals surface area contributed by atoms with E-state index in [9.17, 15) is 0 Å². The van der Waals surface area contributed by atoms with Crippen LogP contribution in [0.3, 0.4) is 0 Å². The van der Waals surface area contributed by atoms with E-state index in [1.807, 2.05) is 0 Å². The zero-order valence-electron chi connectivity index (χ0n) is 12.4. The fraction of sp³-hybridized carbons (Fsp3) is 0.667. The molecule has 2 bridgehead atoms. The van der Waals surface area contributed by atoms with Crippen LogP contribution in [0.5, 0.6) is 5.75 Å². The summed E-state index contributed by atoms with van der Waals surface area (Å²) < 4.78 is 5.94. The first-order valence-electron chi connectivity index (χ1n) is 8.40. The van der Waals surface area contributed by atoms with Crippen molar-refractivity contribution in [1.82, 2.24) is 5.32 Å². The Morgan fingerprint density at radius 2 is 2.00 bits per heavy atom. The van der Waals surface area contributed by atoms with Crippen LogP contribution in [0.15, 0.2) is 12.1 Å². The predicted molar refractivity (Wildman–Crippen MR) is 83.8 cm³/mol. The Morgan fingerprint density at radius 3 is 2.71 bits per heavy atom. The van der Waals surface area contributed by atoms with Crippen molar-refractivity contribution < 1.29 is 4.74 Å². The van der Waals surface area contributed by atoms with Gasteiger partial charge in [-0.25, -0.2) is 0 Å². The molecule has 1 N–H and O–H groups in total. The zero-order chi connectivity index (χ0) is 14.1. The third kappa shape index (κ3) is 1.69. The van der Waals surface area contributed by atoms with Crippen LogP contribution in [0.1, 0.15) is 36.4 Å². The summed E-state index contributed by atoms with van der Waals surface area (Å²) in [6, 6.07) is 4.65. The monoisotopic (exact) mass is 303 g/mol. The lowest BCUT2D eigenvalue weighted by atomic mass is 9.91. The zero-order valence-corrected chi connectivity index (χ0v) is 13.2. The number of benzene rings is 1. The Balaban J connectivity index is 1.52. The lowest BCUT2D eigenvalue weighted by molar-refractivity contribution is 0.336. The van der Waals surface area contributed by atoms with E-state index in [1.54, 1.807) is 0 Å². The van der Waals surface area contributed by atoms with E-state index in [0.29, 0.717) is 6.04 Å². The highest BCUT2D eigenvalue weighted by molar-refractivity contribution is 6.30. The van der Waals surface area contributed by atoms with Crippen LogP contribution in [-0.2, 0) is 6.42 Å². The minimum Gasteiger partial charge on any atom is -0.493 e. The maximum Gasteiger partial charge on any atom is 0.127 e. The van der Waals surface area contributed by atoms with E-state index < -0.39 is 0 Å². The molecule has 3 fully saturated rings.